The molecule has 0 spiro atoms. The van der Waals surface area contributed by atoms with Crippen LogP contribution in [0.1, 0.15) is 26.3 Å². The van der Waals surface area contributed by atoms with Crippen molar-refractivity contribution >= 4 is 17.7 Å². The number of carbonyl (C=O) groups is 2. The Hall–Kier alpha value is -3.01. The lowest BCUT2D eigenvalue weighted by Crippen LogP contribution is -2.35. The number of halogens is 3. The summed E-state index contributed by atoms with van der Waals surface area (Å²) in [4.78, 5) is 23.0. The largest absolute Gasteiger partial charge is 0.477 e. The van der Waals surface area contributed by atoms with E-state index in [1.165, 1.54) is 18.2 Å². The van der Waals surface area contributed by atoms with Crippen LogP contribution in [0.5, 0.6) is 0 Å². The van der Waals surface area contributed by atoms with Gasteiger partial charge in [0.05, 0.1) is 11.3 Å². The lowest BCUT2D eigenvalue weighted by Gasteiger charge is -2.21. The number of hydrazine groups is 1. The highest BCUT2D eigenvalue weighted by molar-refractivity contribution is 5.91. The van der Waals surface area contributed by atoms with Gasteiger partial charge in [0.1, 0.15) is 11.3 Å². The molecule has 0 aliphatic rings. The van der Waals surface area contributed by atoms with Gasteiger partial charge in [-0.2, -0.15) is 13.2 Å². The molecular formula is C18H22F3N3O4. The zero-order valence-electron chi connectivity index (χ0n) is 15.6. The number of nitrogens with two attached hydrogens (primary N) is 1. The Bertz CT molecular complexity index is 783. The summed E-state index contributed by atoms with van der Waals surface area (Å²) in [6.45, 7) is 7.96. The second-order valence-corrected chi connectivity index (χ2v) is 6.75. The van der Waals surface area contributed by atoms with Gasteiger partial charge in [-0.1, -0.05) is 18.7 Å². The normalized spacial score (nSPS) is 12.3. The van der Waals surface area contributed by atoms with Crippen LogP contribution in [0.15, 0.2) is 48.2 Å². The van der Waals surface area contributed by atoms with Crippen LogP contribution in [0.4, 0.5) is 23.7 Å². The first-order valence-corrected chi connectivity index (χ1v) is 8.02. The van der Waals surface area contributed by atoms with Crippen molar-refractivity contribution in [1.82, 2.24) is 5.32 Å². The van der Waals surface area contributed by atoms with Crippen molar-refractivity contribution in [3.05, 3.63) is 53.8 Å². The molecule has 0 saturated heterocycles. The SMILES string of the molecule is C=C(/C=C(/C(=O)O)N(N)c1cccc(CNC(=O)OC(C)(C)C)c1)C(F)(F)F. The van der Waals surface area contributed by atoms with E-state index in [0.29, 0.717) is 16.6 Å². The van der Waals surface area contributed by atoms with Gasteiger partial charge in [0.25, 0.3) is 0 Å². The number of rotatable bonds is 6. The number of carboxylic acid groups (broad SMARTS) is 1. The highest BCUT2D eigenvalue weighted by Gasteiger charge is 2.32. The maximum absolute atomic E-state index is 12.6. The number of hydrogen-bond acceptors (Lipinski definition) is 5. The van der Waals surface area contributed by atoms with Gasteiger partial charge in [-0.3, -0.25) is 5.01 Å². The summed E-state index contributed by atoms with van der Waals surface area (Å²) in [6, 6.07) is 5.96. The maximum atomic E-state index is 12.6. The number of carboxylic acids is 1. The van der Waals surface area contributed by atoms with Crippen LogP contribution in [0, 0.1) is 0 Å². The molecule has 0 unspecified atom stereocenters. The monoisotopic (exact) mass is 401 g/mol. The number of hydrogen-bond donors (Lipinski definition) is 3. The molecule has 28 heavy (non-hydrogen) atoms. The number of alkyl carbamates (subject to hydrolysis) is 1. The fourth-order valence-electron chi connectivity index (χ4n) is 1.92. The van der Waals surface area contributed by atoms with Crippen LogP contribution in [0.2, 0.25) is 0 Å². The Balaban J connectivity index is 2.99. The molecule has 0 aliphatic heterocycles. The number of carbonyl (C=O) groups excluding carboxylic acids is 1. The van der Waals surface area contributed by atoms with Crippen LogP contribution in [-0.2, 0) is 16.1 Å². The van der Waals surface area contributed by atoms with Gasteiger partial charge in [-0.05, 0) is 44.5 Å². The summed E-state index contributed by atoms with van der Waals surface area (Å²) in [6.07, 6.45) is -5.11. The van der Waals surface area contributed by atoms with E-state index in [1.54, 1.807) is 26.8 Å². The van der Waals surface area contributed by atoms with E-state index in [9.17, 15) is 27.9 Å². The fraction of sp³-hybridized carbons (Fsp3) is 0.333. The van der Waals surface area contributed by atoms with E-state index in [2.05, 4.69) is 11.9 Å². The third-order valence-corrected chi connectivity index (χ3v) is 3.18. The van der Waals surface area contributed by atoms with Gasteiger partial charge in [-0.15, -0.1) is 0 Å². The Morgan fingerprint density at radius 3 is 2.43 bits per heavy atom. The number of aliphatic carboxylic acids is 1. The van der Waals surface area contributed by atoms with E-state index in [-0.39, 0.29) is 12.2 Å². The van der Waals surface area contributed by atoms with Crippen molar-refractivity contribution in [3.8, 4) is 0 Å². The second kappa shape index (κ2) is 8.79. The second-order valence-electron chi connectivity index (χ2n) is 6.75. The predicted octanol–water partition coefficient (Wildman–Crippen LogP) is 3.48. The van der Waals surface area contributed by atoms with Crippen LogP contribution in [-0.4, -0.2) is 28.9 Å². The first kappa shape index (κ1) is 23.0. The molecule has 0 aliphatic carbocycles. The smallest absolute Gasteiger partial charge is 0.415 e. The molecule has 0 radical (unpaired) electrons. The van der Waals surface area contributed by atoms with Crippen molar-refractivity contribution in [3.63, 3.8) is 0 Å². The molecule has 10 heteroatoms. The highest BCUT2D eigenvalue weighted by atomic mass is 19.4. The number of benzene rings is 1. The number of allylic oxidation sites excluding steroid dienone is 2. The molecule has 1 aromatic carbocycles. The Morgan fingerprint density at radius 1 is 1.32 bits per heavy atom. The van der Waals surface area contributed by atoms with E-state index in [1.807, 2.05) is 0 Å². The number of nitrogens with zero attached hydrogens (tertiary/aromatic N) is 1. The maximum Gasteiger partial charge on any atom is 0.415 e. The summed E-state index contributed by atoms with van der Waals surface area (Å²) < 4.78 is 43.0. The molecular weight excluding hydrogens is 379 g/mol. The zero-order valence-corrected chi connectivity index (χ0v) is 15.6. The average Bonchev–Trinajstić information content (AvgIpc) is 2.54. The van der Waals surface area contributed by atoms with Gasteiger partial charge >= 0.3 is 18.2 Å². The Morgan fingerprint density at radius 2 is 1.93 bits per heavy atom. The summed E-state index contributed by atoms with van der Waals surface area (Å²) in [5.74, 6) is 4.04. The molecule has 154 valence electrons. The van der Waals surface area contributed by atoms with E-state index < -0.39 is 35.1 Å². The topological polar surface area (TPSA) is 105 Å². The highest BCUT2D eigenvalue weighted by Crippen LogP contribution is 2.27. The van der Waals surface area contributed by atoms with Gasteiger partial charge in [0.2, 0.25) is 0 Å². The fourth-order valence-corrected chi connectivity index (χ4v) is 1.92. The third kappa shape index (κ3) is 7.31. The molecule has 0 saturated carbocycles. The van der Waals surface area contributed by atoms with Crippen molar-refractivity contribution in [2.75, 3.05) is 5.01 Å². The number of nitrogens with one attached hydrogen (secondary N) is 1. The summed E-state index contributed by atoms with van der Waals surface area (Å²) in [7, 11) is 0. The molecule has 0 aromatic heterocycles. The van der Waals surface area contributed by atoms with E-state index >= 15 is 0 Å². The lowest BCUT2D eigenvalue weighted by atomic mass is 10.1. The first-order chi connectivity index (χ1) is 12.7. The Labute approximate surface area is 160 Å². The van der Waals surface area contributed by atoms with Gasteiger partial charge in [0.15, 0.2) is 0 Å². The standard InChI is InChI=1S/C18H22F3N3O4/c1-11(18(19,20)21)8-14(15(25)26)24(22)13-7-5-6-12(9-13)10-23-16(27)28-17(2,3)4/h5-9H,1,10,22H2,2-4H3,(H,23,27)(H,25,26)/b14-8-. The molecule has 0 fully saturated rings. The van der Waals surface area contributed by atoms with E-state index in [4.69, 9.17) is 10.6 Å². The van der Waals surface area contributed by atoms with Gasteiger partial charge < -0.3 is 15.2 Å². The molecule has 0 atom stereocenters. The average molecular weight is 401 g/mol. The summed E-state index contributed by atoms with van der Waals surface area (Å²) in [5, 5.41) is 12.3. The van der Waals surface area contributed by atoms with Crippen molar-refractivity contribution in [1.29, 1.82) is 0 Å². The number of anilines is 1. The predicted molar refractivity (Wildman–Crippen MR) is 97.1 cm³/mol. The molecule has 0 heterocycles. The minimum atomic E-state index is -4.79. The van der Waals surface area contributed by atoms with Crippen LogP contribution in [0.25, 0.3) is 0 Å². The zero-order chi connectivity index (χ0) is 21.7. The van der Waals surface area contributed by atoms with Gasteiger partial charge in [0, 0.05) is 6.54 Å². The first-order valence-electron chi connectivity index (χ1n) is 8.02. The van der Waals surface area contributed by atoms with Crippen molar-refractivity contribution < 1.29 is 32.6 Å². The number of ether oxygens (including phenoxy) is 1. The summed E-state index contributed by atoms with van der Waals surface area (Å²) in [5.41, 5.74) is -2.23. The number of amides is 1. The van der Waals surface area contributed by atoms with Crippen molar-refractivity contribution in [2.24, 2.45) is 5.84 Å². The van der Waals surface area contributed by atoms with Crippen LogP contribution in [0.3, 0.4) is 0 Å². The summed E-state index contributed by atoms with van der Waals surface area (Å²) >= 11 is 0. The quantitative estimate of drug-likeness (QED) is 0.292. The van der Waals surface area contributed by atoms with Crippen LogP contribution >= 0.6 is 0 Å². The van der Waals surface area contributed by atoms with Crippen LogP contribution < -0.4 is 16.2 Å². The minimum absolute atomic E-state index is 0.0397. The van der Waals surface area contributed by atoms with E-state index in [0.717, 1.165) is 0 Å². The third-order valence-electron chi connectivity index (χ3n) is 3.18. The molecule has 1 aromatic rings. The van der Waals surface area contributed by atoms with Gasteiger partial charge in [-0.25, -0.2) is 15.4 Å². The molecule has 0 bridgehead atoms. The molecule has 7 nitrogen and oxygen atoms in total. The Kier molecular flexibility index (Phi) is 7.23. The minimum Gasteiger partial charge on any atom is -0.477 e. The van der Waals surface area contributed by atoms with Crippen molar-refractivity contribution in [2.45, 2.75) is 39.1 Å². The number of alkyl halides is 3. The molecule has 4 N–H and O–H groups in total. The molecule has 1 amide bonds. The molecule has 1 rings (SSSR count). The lowest BCUT2D eigenvalue weighted by molar-refractivity contribution is -0.132.